The first-order chi connectivity index (χ1) is 9.86. The molecular weight excluding hydrogens is 303 g/mol. The molecule has 7 heteroatoms. The van der Waals surface area contributed by atoms with Crippen molar-refractivity contribution < 1.29 is 22.7 Å². The number of aromatic nitrogens is 1. The molecule has 2 aromatic rings. The fourth-order valence-electron chi connectivity index (χ4n) is 1.67. The monoisotopic (exact) mass is 317 g/mol. The number of nitrogens with zero attached hydrogens (tertiary/aromatic N) is 1. The highest BCUT2D eigenvalue weighted by Gasteiger charge is 2.30. The van der Waals surface area contributed by atoms with Crippen molar-refractivity contribution >= 4 is 11.8 Å². The van der Waals surface area contributed by atoms with Gasteiger partial charge < -0.3 is 9.52 Å². The van der Waals surface area contributed by atoms with Crippen molar-refractivity contribution in [2.45, 2.75) is 25.0 Å². The summed E-state index contributed by atoms with van der Waals surface area (Å²) in [6.45, 7) is 1.68. The maximum absolute atomic E-state index is 12.7. The molecule has 0 aliphatic rings. The van der Waals surface area contributed by atoms with Crippen LogP contribution in [-0.2, 0) is 11.9 Å². The van der Waals surface area contributed by atoms with E-state index in [1.54, 1.807) is 6.92 Å². The van der Waals surface area contributed by atoms with Crippen LogP contribution < -0.4 is 0 Å². The predicted octanol–water partition coefficient (Wildman–Crippen LogP) is 3.97. The molecule has 0 saturated carbocycles. The Morgan fingerprint density at radius 2 is 2.14 bits per heavy atom. The third-order valence-electron chi connectivity index (χ3n) is 2.60. The first-order valence-corrected chi connectivity index (χ1v) is 7.39. The summed E-state index contributed by atoms with van der Waals surface area (Å²) in [7, 11) is 0. The molecule has 0 aliphatic carbocycles. The third kappa shape index (κ3) is 4.50. The van der Waals surface area contributed by atoms with Gasteiger partial charge in [-0.05, 0) is 25.1 Å². The second kappa shape index (κ2) is 6.53. The Morgan fingerprint density at radius 1 is 1.38 bits per heavy atom. The van der Waals surface area contributed by atoms with E-state index >= 15 is 0 Å². The lowest BCUT2D eigenvalue weighted by molar-refractivity contribution is -0.137. The highest BCUT2D eigenvalue weighted by Crippen LogP contribution is 2.32. The molecule has 0 fully saturated rings. The van der Waals surface area contributed by atoms with Crippen LogP contribution in [0.1, 0.15) is 18.2 Å². The molecule has 0 bridgehead atoms. The lowest BCUT2D eigenvalue weighted by Crippen LogP contribution is -2.04. The zero-order valence-corrected chi connectivity index (χ0v) is 12.0. The number of rotatable bonds is 5. The van der Waals surface area contributed by atoms with Gasteiger partial charge in [0.2, 0.25) is 5.89 Å². The average Bonchev–Trinajstić information content (AvgIpc) is 2.86. The molecule has 1 aromatic carbocycles. The fraction of sp³-hybridized carbons (Fsp3) is 0.357. The molecule has 0 aliphatic heterocycles. The highest BCUT2D eigenvalue weighted by molar-refractivity contribution is 7.98. The van der Waals surface area contributed by atoms with Crippen LogP contribution in [0.2, 0.25) is 0 Å². The number of aliphatic hydroxyl groups excluding tert-OH is 1. The molecule has 1 aromatic heterocycles. The van der Waals surface area contributed by atoms with Crippen LogP contribution in [0, 0.1) is 0 Å². The normalized spacial score (nSPS) is 13.4. The van der Waals surface area contributed by atoms with Gasteiger partial charge in [-0.2, -0.15) is 24.9 Å². The van der Waals surface area contributed by atoms with Crippen LogP contribution in [0.25, 0.3) is 11.5 Å². The van der Waals surface area contributed by atoms with Gasteiger partial charge in [-0.25, -0.2) is 4.98 Å². The first-order valence-electron chi connectivity index (χ1n) is 6.24. The summed E-state index contributed by atoms with van der Waals surface area (Å²) in [6.07, 6.45) is -3.38. The average molecular weight is 317 g/mol. The van der Waals surface area contributed by atoms with Crippen LogP contribution in [0.4, 0.5) is 13.2 Å². The van der Waals surface area contributed by atoms with E-state index in [-0.39, 0.29) is 11.5 Å². The smallest absolute Gasteiger partial charge is 0.416 e. The number of hydrogen-bond donors (Lipinski definition) is 1. The summed E-state index contributed by atoms with van der Waals surface area (Å²) >= 11 is 1.48. The van der Waals surface area contributed by atoms with Gasteiger partial charge in [-0.3, -0.25) is 0 Å². The summed E-state index contributed by atoms with van der Waals surface area (Å²) in [5.41, 5.74) is 0.188. The maximum Gasteiger partial charge on any atom is 0.416 e. The molecule has 21 heavy (non-hydrogen) atoms. The van der Waals surface area contributed by atoms with Crippen molar-refractivity contribution in [2.24, 2.45) is 0 Å². The second-order valence-electron chi connectivity index (χ2n) is 4.59. The van der Waals surface area contributed by atoms with E-state index in [4.69, 9.17) is 9.52 Å². The van der Waals surface area contributed by atoms with Gasteiger partial charge in [0, 0.05) is 17.1 Å². The van der Waals surface area contributed by atoms with Crippen molar-refractivity contribution in [2.75, 3.05) is 5.75 Å². The Morgan fingerprint density at radius 3 is 2.81 bits per heavy atom. The zero-order valence-electron chi connectivity index (χ0n) is 11.2. The Labute approximate surface area is 124 Å². The molecule has 1 atom stereocenters. The minimum absolute atomic E-state index is 0.161. The van der Waals surface area contributed by atoms with Gasteiger partial charge in [-0.15, -0.1) is 0 Å². The molecule has 0 radical (unpaired) electrons. The largest absolute Gasteiger partial charge is 0.444 e. The Balaban J connectivity index is 2.11. The van der Waals surface area contributed by atoms with Crippen LogP contribution >= 0.6 is 11.8 Å². The number of alkyl halides is 3. The Bertz CT molecular complexity index is 596. The van der Waals surface area contributed by atoms with E-state index in [9.17, 15) is 13.2 Å². The van der Waals surface area contributed by atoms with E-state index in [1.807, 2.05) is 0 Å². The van der Waals surface area contributed by atoms with E-state index in [1.165, 1.54) is 30.2 Å². The summed E-state index contributed by atoms with van der Waals surface area (Å²) in [4.78, 5) is 4.16. The van der Waals surface area contributed by atoms with Gasteiger partial charge in [0.1, 0.15) is 6.26 Å². The third-order valence-corrected chi connectivity index (χ3v) is 3.82. The summed E-state index contributed by atoms with van der Waals surface area (Å²) in [5, 5.41) is 9.15. The van der Waals surface area contributed by atoms with Gasteiger partial charge in [0.15, 0.2) is 0 Å². The Hall–Kier alpha value is -1.47. The lowest BCUT2D eigenvalue weighted by Gasteiger charge is -2.06. The van der Waals surface area contributed by atoms with Crippen LogP contribution in [0.3, 0.4) is 0 Å². The number of thioether (sulfide) groups is 1. The van der Waals surface area contributed by atoms with Gasteiger partial charge in [0.25, 0.3) is 0 Å². The minimum atomic E-state index is -4.39. The molecule has 0 saturated heterocycles. The minimum Gasteiger partial charge on any atom is -0.444 e. The zero-order chi connectivity index (χ0) is 15.5. The predicted molar refractivity (Wildman–Crippen MR) is 74.8 cm³/mol. The van der Waals surface area contributed by atoms with Crippen molar-refractivity contribution in [1.29, 1.82) is 0 Å². The van der Waals surface area contributed by atoms with E-state index < -0.39 is 17.8 Å². The molecule has 114 valence electrons. The lowest BCUT2D eigenvalue weighted by atomic mass is 10.1. The number of aliphatic hydroxyl groups is 1. The molecule has 0 amide bonds. The first kappa shape index (κ1) is 15.9. The topological polar surface area (TPSA) is 46.3 Å². The molecule has 0 spiro atoms. The number of hydrogen-bond acceptors (Lipinski definition) is 4. The van der Waals surface area contributed by atoms with Crippen molar-refractivity contribution in [3.63, 3.8) is 0 Å². The fourth-order valence-corrected chi connectivity index (χ4v) is 2.47. The van der Waals surface area contributed by atoms with Crippen molar-refractivity contribution in [3.8, 4) is 11.5 Å². The number of benzene rings is 1. The van der Waals surface area contributed by atoms with Gasteiger partial charge in [-0.1, -0.05) is 6.07 Å². The highest BCUT2D eigenvalue weighted by atomic mass is 32.2. The van der Waals surface area contributed by atoms with Crippen molar-refractivity contribution in [1.82, 2.24) is 4.98 Å². The quantitative estimate of drug-likeness (QED) is 0.906. The molecule has 2 rings (SSSR count). The number of oxazole rings is 1. The van der Waals surface area contributed by atoms with E-state index in [0.717, 1.165) is 12.1 Å². The summed E-state index contributed by atoms with van der Waals surface area (Å²) in [6, 6.07) is 4.86. The molecule has 3 nitrogen and oxygen atoms in total. The van der Waals surface area contributed by atoms with Gasteiger partial charge >= 0.3 is 6.18 Å². The molecule has 0 unspecified atom stereocenters. The van der Waals surface area contributed by atoms with Gasteiger partial charge in [0.05, 0.1) is 17.4 Å². The van der Waals surface area contributed by atoms with Crippen LogP contribution in [-0.4, -0.2) is 21.9 Å². The summed E-state index contributed by atoms with van der Waals surface area (Å²) < 4.78 is 43.2. The Kier molecular flexibility index (Phi) is 4.95. The van der Waals surface area contributed by atoms with Crippen LogP contribution in [0.15, 0.2) is 34.9 Å². The van der Waals surface area contributed by atoms with E-state index in [2.05, 4.69) is 4.98 Å². The van der Waals surface area contributed by atoms with Crippen molar-refractivity contribution in [3.05, 3.63) is 41.8 Å². The number of halogens is 3. The summed E-state index contributed by atoms with van der Waals surface area (Å²) in [5.74, 6) is 1.26. The molecule has 1 heterocycles. The SMILES string of the molecule is C[C@@H](O)CSCc1coc(-c2cccc(C(F)(F)F)c2)n1. The van der Waals surface area contributed by atoms with Crippen LogP contribution in [0.5, 0.6) is 0 Å². The standard InChI is InChI=1S/C14H14F3NO2S/c1-9(19)7-21-8-12-6-20-13(18-12)10-3-2-4-11(5-10)14(15,16)17/h2-6,9,19H,7-8H2,1H3/t9-/m1/s1. The maximum atomic E-state index is 12.7. The van der Waals surface area contributed by atoms with E-state index in [0.29, 0.717) is 17.2 Å². The second-order valence-corrected chi connectivity index (χ2v) is 5.62. The molecular formula is C14H14F3NO2S. The molecule has 1 N–H and O–H groups in total.